The molecule has 0 amide bonds. The molecular formula is C21H19BrN4O3S. The molecule has 0 bridgehead atoms. The van der Waals surface area contributed by atoms with Crippen LogP contribution in [0.2, 0.25) is 0 Å². The highest BCUT2D eigenvalue weighted by molar-refractivity contribution is 9.10. The quantitative estimate of drug-likeness (QED) is 0.365. The number of anilines is 1. The number of hydrogen-bond donors (Lipinski definition) is 1. The Morgan fingerprint density at radius 3 is 2.53 bits per heavy atom. The summed E-state index contributed by atoms with van der Waals surface area (Å²) in [7, 11) is -3.86. The molecule has 30 heavy (non-hydrogen) atoms. The normalized spacial score (nSPS) is 11.5. The Hall–Kier alpha value is -2.91. The van der Waals surface area contributed by atoms with E-state index in [0.29, 0.717) is 12.1 Å². The average Bonchev–Trinajstić information content (AvgIpc) is 3.42. The van der Waals surface area contributed by atoms with E-state index in [1.165, 1.54) is 0 Å². The van der Waals surface area contributed by atoms with Crippen LogP contribution in [0.25, 0.3) is 11.5 Å². The molecule has 0 fully saturated rings. The summed E-state index contributed by atoms with van der Waals surface area (Å²) >= 11 is 3.33. The monoisotopic (exact) mass is 486 g/mol. The maximum Gasteiger partial charge on any atom is 0.233 e. The van der Waals surface area contributed by atoms with E-state index in [4.69, 9.17) is 4.42 Å². The number of benzene rings is 2. The summed E-state index contributed by atoms with van der Waals surface area (Å²) in [5.41, 5.74) is 0.705. The van der Waals surface area contributed by atoms with Crippen molar-refractivity contribution < 1.29 is 12.8 Å². The molecule has 4 aromatic rings. The fraction of sp³-hybridized carbons (Fsp3) is 0.143. The molecule has 154 valence electrons. The zero-order valence-corrected chi connectivity index (χ0v) is 18.3. The van der Waals surface area contributed by atoms with Crippen molar-refractivity contribution in [3.8, 4) is 11.5 Å². The summed E-state index contributed by atoms with van der Waals surface area (Å²) in [6.07, 6.45) is 6.10. The third-order valence-electron chi connectivity index (χ3n) is 4.43. The van der Waals surface area contributed by atoms with Crippen LogP contribution in [0, 0.1) is 0 Å². The molecule has 0 aliphatic heterocycles. The van der Waals surface area contributed by atoms with Crippen molar-refractivity contribution in [1.29, 1.82) is 0 Å². The number of hydrogen-bond acceptors (Lipinski definition) is 6. The number of sulfone groups is 1. The standard InChI is InChI=1S/C21H19BrN4O3S/c22-17-7-9-18(10-8-17)30(27,28)21-20(24-11-4-13-26-14-12-23-15-26)29-19(25-21)16-5-2-1-3-6-16/h1-3,5-10,12,14-15,24H,4,11,13H2. The summed E-state index contributed by atoms with van der Waals surface area (Å²) in [6, 6.07) is 15.7. The smallest absolute Gasteiger partial charge is 0.233 e. The fourth-order valence-corrected chi connectivity index (χ4v) is 4.46. The molecule has 0 radical (unpaired) electrons. The second-order valence-electron chi connectivity index (χ2n) is 6.56. The minimum atomic E-state index is -3.86. The van der Waals surface area contributed by atoms with Crippen LogP contribution >= 0.6 is 15.9 Å². The molecular weight excluding hydrogens is 468 g/mol. The Morgan fingerprint density at radius 2 is 1.83 bits per heavy atom. The third kappa shape index (κ3) is 4.47. The molecule has 1 N–H and O–H groups in total. The number of oxazole rings is 1. The van der Waals surface area contributed by atoms with Crippen LogP contribution in [0.1, 0.15) is 6.42 Å². The fourth-order valence-electron chi connectivity index (χ4n) is 2.91. The molecule has 2 aromatic heterocycles. The van der Waals surface area contributed by atoms with Gasteiger partial charge < -0.3 is 14.3 Å². The zero-order chi connectivity index (χ0) is 21.0. The summed E-state index contributed by atoms with van der Waals surface area (Å²) in [6.45, 7) is 1.27. The van der Waals surface area contributed by atoms with Crippen molar-refractivity contribution in [3.63, 3.8) is 0 Å². The SMILES string of the molecule is O=S(=O)(c1ccc(Br)cc1)c1nc(-c2ccccc2)oc1NCCCn1ccnc1. The van der Waals surface area contributed by atoms with E-state index in [1.54, 1.807) is 36.8 Å². The van der Waals surface area contributed by atoms with Gasteiger partial charge in [-0.15, -0.1) is 0 Å². The second kappa shape index (κ2) is 8.85. The number of halogens is 1. The Morgan fingerprint density at radius 1 is 1.07 bits per heavy atom. The Kier molecular flexibility index (Phi) is 6.01. The van der Waals surface area contributed by atoms with Crippen molar-refractivity contribution in [2.75, 3.05) is 11.9 Å². The van der Waals surface area contributed by atoms with Gasteiger partial charge in [0, 0.05) is 35.5 Å². The summed E-state index contributed by atoms with van der Waals surface area (Å²) in [4.78, 5) is 8.50. The lowest BCUT2D eigenvalue weighted by atomic mass is 10.2. The van der Waals surface area contributed by atoms with E-state index in [1.807, 2.05) is 41.1 Å². The highest BCUT2D eigenvalue weighted by Crippen LogP contribution is 2.32. The molecule has 0 aliphatic carbocycles. The van der Waals surface area contributed by atoms with E-state index in [-0.39, 0.29) is 21.7 Å². The predicted octanol–water partition coefficient (Wildman–Crippen LogP) is 4.64. The maximum absolute atomic E-state index is 13.2. The molecule has 9 heteroatoms. The molecule has 0 unspecified atom stereocenters. The lowest BCUT2D eigenvalue weighted by Crippen LogP contribution is -2.10. The van der Waals surface area contributed by atoms with Crippen LogP contribution < -0.4 is 5.32 Å². The Labute approximate surface area is 182 Å². The van der Waals surface area contributed by atoms with Gasteiger partial charge in [-0.3, -0.25) is 0 Å². The van der Waals surface area contributed by atoms with E-state index >= 15 is 0 Å². The van der Waals surface area contributed by atoms with Crippen LogP contribution in [-0.4, -0.2) is 29.5 Å². The number of aromatic nitrogens is 3. The molecule has 2 heterocycles. The average molecular weight is 487 g/mol. The Balaban J connectivity index is 1.63. The van der Waals surface area contributed by atoms with Gasteiger partial charge in [-0.25, -0.2) is 13.4 Å². The van der Waals surface area contributed by atoms with Gasteiger partial charge in [0.05, 0.1) is 11.2 Å². The summed E-state index contributed by atoms with van der Waals surface area (Å²) < 4.78 is 35.1. The van der Waals surface area contributed by atoms with Gasteiger partial charge >= 0.3 is 0 Å². The molecule has 7 nitrogen and oxygen atoms in total. The Bertz CT molecular complexity index is 1210. The van der Waals surface area contributed by atoms with E-state index in [0.717, 1.165) is 17.4 Å². The first kappa shape index (κ1) is 20.4. The number of nitrogens with one attached hydrogen (secondary N) is 1. The van der Waals surface area contributed by atoms with Crippen molar-refractivity contribution in [3.05, 3.63) is 77.8 Å². The van der Waals surface area contributed by atoms with Crippen LogP contribution in [0.15, 0.2) is 92.1 Å². The number of rotatable bonds is 8. The predicted molar refractivity (Wildman–Crippen MR) is 117 cm³/mol. The third-order valence-corrected chi connectivity index (χ3v) is 6.64. The molecule has 2 aromatic carbocycles. The molecule has 0 aliphatic rings. The molecule has 0 spiro atoms. The van der Waals surface area contributed by atoms with Crippen molar-refractivity contribution in [2.24, 2.45) is 0 Å². The number of nitrogens with zero attached hydrogens (tertiary/aromatic N) is 3. The van der Waals surface area contributed by atoms with Crippen molar-refractivity contribution in [2.45, 2.75) is 22.9 Å². The van der Waals surface area contributed by atoms with Gasteiger partial charge in [0.2, 0.25) is 26.6 Å². The van der Waals surface area contributed by atoms with Gasteiger partial charge in [-0.1, -0.05) is 34.1 Å². The van der Waals surface area contributed by atoms with Gasteiger partial charge in [0.15, 0.2) is 0 Å². The molecule has 4 rings (SSSR count). The largest absolute Gasteiger partial charge is 0.419 e. The van der Waals surface area contributed by atoms with Crippen LogP contribution in [-0.2, 0) is 16.4 Å². The summed E-state index contributed by atoms with van der Waals surface area (Å²) in [5.74, 6) is 0.394. The van der Waals surface area contributed by atoms with E-state index in [2.05, 4.69) is 31.2 Å². The second-order valence-corrected chi connectivity index (χ2v) is 9.34. The van der Waals surface area contributed by atoms with Gasteiger partial charge in [-0.2, -0.15) is 4.98 Å². The molecule has 0 atom stereocenters. The van der Waals surface area contributed by atoms with E-state index < -0.39 is 9.84 Å². The molecule has 0 saturated carbocycles. The first-order valence-electron chi connectivity index (χ1n) is 9.30. The highest BCUT2D eigenvalue weighted by atomic mass is 79.9. The first-order chi connectivity index (χ1) is 14.5. The zero-order valence-electron chi connectivity index (χ0n) is 15.9. The number of aryl methyl sites for hydroxylation is 1. The topological polar surface area (TPSA) is 90.0 Å². The minimum absolute atomic E-state index is 0.119. The van der Waals surface area contributed by atoms with Crippen LogP contribution in [0.4, 0.5) is 5.88 Å². The van der Waals surface area contributed by atoms with Crippen molar-refractivity contribution in [1.82, 2.24) is 14.5 Å². The first-order valence-corrected chi connectivity index (χ1v) is 11.6. The summed E-state index contributed by atoms with van der Waals surface area (Å²) in [5, 5.41) is 2.98. The van der Waals surface area contributed by atoms with Gasteiger partial charge in [0.25, 0.3) is 0 Å². The highest BCUT2D eigenvalue weighted by Gasteiger charge is 2.28. The lowest BCUT2D eigenvalue weighted by molar-refractivity contribution is 0.571. The minimum Gasteiger partial charge on any atom is -0.419 e. The maximum atomic E-state index is 13.2. The van der Waals surface area contributed by atoms with E-state index in [9.17, 15) is 8.42 Å². The van der Waals surface area contributed by atoms with Gasteiger partial charge in [0.1, 0.15) is 0 Å². The van der Waals surface area contributed by atoms with Gasteiger partial charge in [-0.05, 0) is 42.8 Å². The molecule has 0 saturated heterocycles. The van der Waals surface area contributed by atoms with Crippen LogP contribution in [0.5, 0.6) is 0 Å². The lowest BCUT2D eigenvalue weighted by Gasteiger charge is -2.07. The van der Waals surface area contributed by atoms with Crippen LogP contribution in [0.3, 0.4) is 0 Å². The van der Waals surface area contributed by atoms with Crippen molar-refractivity contribution >= 4 is 31.7 Å². The number of imidazole rings is 1.